The Balaban J connectivity index is 1.59. The summed E-state index contributed by atoms with van der Waals surface area (Å²) in [7, 11) is 3.51. The van der Waals surface area contributed by atoms with Gasteiger partial charge < -0.3 is 19.9 Å². The van der Waals surface area contributed by atoms with Crippen LogP contribution in [-0.2, 0) is 17.8 Å². The van der Waals surface area contributed by atoms with Crippen molar-refractivity contribution in [1.82, 2.24) is 15.1 Å². The minimum absolute atomic E-state index is 0.0127. The van der Waals surface area contributed by atoms with Crippen molar-refractivity contribution in [3.63, 3.8) is 0 Å². The Kier molecular flexibility index (Phi) is 5.46. The lowest BCUT2D eigenvalue weighted by Gasteiger charge is -2.24. The molecule has 2 aliphatic rings. The third-order valence-electron chi connectivity index (χ3n) is 4.68. The molecule has 6 heteroatoms. The molecule has 136 valence electrons. The number of carbonyl (C=O) groups is 2. The van der Waals surface area contributed by atoms with E-state index in [1.807, 2.05) is 12.1 Å². The number of amides is 3. The molecule has 1 aliphatic heterocycles. The zero-order valence-corrected chi connectivity index (χ0v) is 15.1. The Labute approximate surface area is 149 Å². The molecule has 3 rings (SSSR count). The molecular formula is C19H27N3O3. The van der Waals surface area contributed by atoms with E-state index in [9.17, 15) is 9.59 Å². The van der Waals surface area contributed by atoms with E-state index in [1.54, 1.807) is 23.9 Å². The number of ether oxygens (including phenoxy) is 1. The van der Waals surface area contributed by atoms with E-state index in [2.05, 4.69) is 11.4 Å². The molecule has 1 N–H and O–H groups in total. The molecule has 0 atom stereocenters. The number of rotatable bonds is 5. The molecule has 6 nitrogen and oxygen atoms in total. The third kappa shape index (κ3) is 4.87. The molecule has 1 aromatic rings. The summed E-state index contributed by atoms with van der Waals surface area (Å²) in [6, 6.07) is 6.01. The van der Waals surface area contributed by atoms with Crippen molar-refractivity contribution in [2.45, 2.75) is 32.2 Å². The lowest BCUT2D eigenvalue weighted by atomic mass is 10.0. The van der Waals surface area contributed by atoms with Crippen LogP contribution in [0, 0.1) is 5.92 Å². The second kappa shape index (κ2) is 7.76. The molecule has 1 aliphatic carbocycles. The summed E-state index contributed by atoms with van der Waals surface area (Å²) < 4.78 is 5.77. The maximum absolute atomic E-state index is 12.2. The highest BCUT2D eigenvalue weighted by molar-refractivity contribution is 5.76. The first-order valence-electron chi connectivity index (χ1n) is 9.00. The summed E-state index contributed by atoms with van der Waals surface area (Å²) in [6.45, 7) is 2.42. The maximum Gasteiger partial charge on any atom is 0.319 e. The molecule has 0 spiro atoms. The van der Waals surface area contributed by atoms with Gasteiger partial charge in [0, 0.05) is 32.6 Å². The monoisotopic (exact) mass is 345 g/mol. The van der Waals surface area contributed by atoms with E-state index in [-0.39, 0.29) is 11.9 Å². The van der Waals surface area contributed by atoms with E-state index < -0.39 is 0 Å². The lowest BCUT2D eigenvalue weighted by molar-refractivity contribution is -0.121. The highest BCUT2D eigenvalue weighted by Crippen LogP contribution is 2.28. The average Bonchev–Trinajstić information content (AvgIpc) is 3.43. The summed E-state index contributed by atoms with van der Waals surface area (Å²) in [4.78, 5) is 27.5. The van der Waals surface area contributed by atoms with Gasteiger partial charge in [0.05, 0.1) is 13.1 Å². The van der Waals surface area contributed by atoms with Crippen molar-refractivity contribution < 1.29 is 14.3 Å². The number of fused-ring (bicyclic) bond motifs is 1. The summed E-state index contributed by atoms with van der Waals surface area (Å²) in [5.41, 5.74) is 2.10. The van der Waals surface area contributed by atoms with Crippen LogP contribution in [0.2, 0.25) is 0 Å². The standard InChI is InChI=1S/C19H27N3O3/c1-21(2)19(24)22-9-10-25-17-7-5-14(11-16(17)13-22)6-8-18(23)20-12-15-3-4-15/h5,7,11,15H,3-4,6,8-10,12-13H2,1-2H3,(H,20,23). The average molecular weight is 345 g/mol. The zero-order valence-electron chi connectivity index (χ0n) is 15.1. The van der Waals surface area contributed by atoms with Crippen molar-refractivity contribution >= 4 is 11.9 Å². The van der Waals surface area contributed by atoms with Crippen LogP contribution < -0.4 is 10.1 Å². The number of urea groups is 1. The molecule has 3 amide bonds. The third-order valence-corrected chi connectivity index (χ3v) is 4.68. The fraction of sp³-hybridized carbons (Fsp3) is 0.579. The number of aryl methyl sites for hydroxylation is 1. The van der Waals surface area contributed by atoms with Gasteiger partial charge in [-0.15, -0.1) is 0 Å². The van der Waals surface area contributed by atoms with Gasteiger partial charge in [-0.2, -0.15) is 0 Å². The highest BCUT2D eigenvalue weighted by Gasteiger charge is 2.22. The minimum Gasteiger partial charge on any atom is -0.491 e. The smallest absolute Gasteiger partial charge is 0.319 e. The second-order valence-electron chi connectivity index (χ2n) is 7.14. The first-order chi connectivity index (χ1) is 12.0. The van der Waals surface area contributed by atoms with Crippen molar-refractivity contribution in [2.24, 2.45) is 5.92 Å². The summed E-state index contributed by atoms with van der Waals surface area (Å²) in [5, 5.41) is 3.00. The normalized spacial score (nSPS) is 16.5. The molecular weight excluding hydrogens is 318 g/mol. The topological polar surface area (TPSA) is 61.9 Å². The number of hydrogen-bond acceptors (Lipinski definition) is 3. The Morgan fingerprint density at radius 1 is 1.32 bits per heavy atom. The van der Waals surface area contributed by atoms with Crippen LogP contribution in [0.15, 0.2) is 18.2 Å². The van der Waals surface area contributed by atoms with Gasteiger partial charge in [-0.25, -0.2) is 4.79 Å². The second-order valence-corrected chi connectivity index (χ2v) is 7.14. The maximum atomic E-state index is 12.2. The SMILES string of the molecule is CN(C)C(=O)N1CCOc2ccc(CCC(=O)NCC3CC3)cc2C1. The fourth-order valence-corrected chi connectivity index (χ4v) is 2.98. The van der Waals surface area contributed by atoms with Crippen molar-refractivity contribution in [3.05, 3.63) is 29.3 Å². The molecule has 1 saturated carbocycles. The summed E-state index contributed by atoms with van der Waals surface area (Å²) in [6.07, 6.45) is 3.68. The van der Waals surface area contributed by atoms with Crippen LogP contribution in [0.3, 0.4) is 0 Å². The molecule has 1 fully saturated rings. The molecule has 0 aromatic heterocycles. The Morgan fingerprint density at radius 3 is 2.84 bits per heavy atom. The van der Waals surface area contributed by atoms with Crippen molar-refractivity contribution in [3.8, 4) is 5.75 Å². The highest BCUT2D eigenvalue weighted by atomic mass is 16.5. The van der Waals surface area contributed by atoms with Gasteiger partial charge in [0.1, 0.15) is 12.4 Å². The predicted octanol–water partition coefficient (Wildman–Crippen LogP) is 2.02. The van der Waals surface area contributed by atoms with Gasteiger partial charge in [-0.05, 0) is 36.8 Å². The quantitative estimate of drug-likeness (QED) is 0.888. The first-order valence-corrected chi connectivity index (χ1v) is 9.00. The molecule has 25 heavy (non-hydrogen) atoms. The summed E-state index contributed by atoms with van der Waals surface area (Å²) in [5.74, 6) is 1.65. The molecule has 0 bridgehead atoms. The van der Waals surface area contributed by atoms with Crippen LogP contribution in [0.4, 0.5) is 4.79 Å². The van der Waals surface area contributed by atoms with Gasteiger partial charge in [0.15, 0.2) is 0 Å². The van der Waals surface area contributed by atoms with Crippen molar-refractivity contribution in [1.29, 1.82) is 0 Å². The van der Waals surface area contributed by atoms with Crippen LogP contribution in [0.5, 0.6) is 5.75 Å². The number of benzene rings is 1. The molecule has 0 unspecified atom stereocenters. The van der Waals surface area contributed by atoms with Gasteiger partial charge >= 0.3 is 6.03 Å². The Hall–Kier alpha value is -2.24. The lowest BCUT2D eigenvalue weighted by Crippen LogP contribution is -2.39. The van der Waals surface area contributed by atoms with E-state index in [0.29, 0.717) is 38.5 Å². The largest absolute Gasteiger partial charge is 0.491 e. The number of carbonyl (C=O) groups excluding carboxylic acids is 2. The first kappa shape index (κ1) is 17.6. The van der Waals surface area contributed by atoms with Crippen molar-refractivity contribution in [2.75, 3.05) is 33.8 Å². The Bertz CT molecular complexity index is 641. The van der Waals surface area contributed by atoms with E-state index in [0.717, 1.165) is 23.4 Å². The Morgan fingerprint density at radius 2 is 2.12 bits per heavy atom. The van der Waals surface area contributed by atoms with E-state index >= 15 is 0 Å². The van der Waals surface area contributed by atoms with E-state index in [4.69, 9.17) is 4.74 Å². The van der Waals surface area contributed by atoms with Crippen LogP contribution in [-0.4, -0.2) is 55.5 Å². The van der Waals surface area contributed by atoms with Gasteiger partial charge in [0.25, 0.3) is 0 Å². The van der Waals surface area contributed by atoms with Crippen LogP contribution >= 0.6 is 0 Å². The molecule has 1 aromatic carbocycles. The minimum atomic E-state index is -0.0127. The molecule has 1 heterocycles. The number of nitrogens with one attached hydrogen (secondary N) is 1. The predicted molar refractivity (Wildman–Crippen MR) is 95.5 cm³/mol. The number of nitrogens with zero attached hydrogens (tertiary/aromatic N) is 2. The summed E-state index contributed by atoms with van der Waals surface area (Å²) >= 11 is 0. The zero-order chi connectivity index (χ0) is 17.8. The molecule has 0 radical (unpaired) electrons. The number of hydrogen-bond donors (Lipinski definition) is 1. The van der Waals surface area contributed by atoms with E-state index in [1.165, 1.54) is 12.8 Å². The van der Waals surface area contributed by atoms with Gasteiger partial charge in [-0.3, -0.25) is 4.79 Å². The fourth-order valence-electron chi connectivity index (χ4n) is 2.98. The van der Waals surface area contributed by atoms with Crippen LogP contribution in [0.25, 0.3) is 0 Å². The van der Waals surface area contributed by atoms with Gasteiger partial charge in [-0.1, -0.05) is 12.1 Å². The van der Waals surface area contributed by atoms with Crippen LogP contribution in [0.1, 0.15) is 30.4 Å². The van der Waals surface area contributed by atoms with Gasteiger partial charge in [0.2, 0.25) is 5.91 Å². The molecule has 0 saturated heterocycles.